The van der Waals surface area contributed by atoms with E-state index in [0.29, 0.717) is 17.9 Å². The van der Waals surface area contributed by atoms with Crippen molar-refractivity contribution in [1.82, 2.24) is 4.98 Å². The molecule has 6 nitrogen and oxygen atoms in total. The molecule has 7 heteroatoms. The zero-order chi connectivity index (χ0) is 21.1. The normalized spacial score (nSPS) is 14.8. The number of amides is 1. The van der Waals surface area contributed by atoms with E-state index in [1.807, 2.05) is 23.1 Å². The van der Waals surface area contributed by atoms with Gasteiger partial charge in [0.1, 0.15) is 18.8 Å². The van der Waals surface area contributed by atoms with Gasteiger partial charge in [-0.15, -0.1) is 0 Å². The Bertz CT molecular complexity index is 1040. The molecular formula is C23H28N3O3S+. The largest absolute Gasteiger partial charge is 0.497 e. The first-order valence-corrected chi connectivity index (χ1v) is 11.1. The van der Waals surface area contributed by atoms with Gasteiger partial charge in [-0.2, -0.15) is 0 Å². The Hall–Kier alpha value is -2.48. The standard InChI is InChI=1S/C23H27N3O3S/c1-16-13-17(2)21-20(14-16)30-23(24-21)26(8-7-25-9-11-29-12-10-25)22(27)18-5-4-6-19(15-18)28-3/h4-6,13-15H,7-12H2,1-3H3/p+1. The Labute approximate surface area is 181 Å². The zero-order valence-electron chi connectivity index (χ0n) is 17.7. The molecule has 1 aliphatic rings. The minimum atomic E-state index is -0.0463. The fraction of sp³-hybridized carbons (Fsp3) is 0.391. The van der Waals surface area contributed by atoms with Gasteiger partial charge < -0.3 is 14.4 Å². The van der Waals surface area contributed by atoms with Gasteiger partial charge in [-0.25, -0.2) is 4.98 Å². The zero-order valence-corrected chi connectivity index (χ0v) is 18.6. The number of methoxy groups -OCH3 is 1. The van der Waals surface area contributed by atoms with Crippen molar-refractivity contribution in [3.05, 3.63) is 53.1 Å². The number of thiazole rings is 1. The summed E-state index contributed by atoms with van der Waals surface area (Å²) >= 11 is 1.58. The van der Waals surface area contributed by atoms with Crippen molar-refractivity contribution >= 4 is 32.6 Å². The first kappa shape index (κ1) is 20.8. The van der Waals surface area contributed by atoms with Gasteiger partial charge in [0.05, 0.1) is 43.6 Å². The number of nitrogens with one attached hydrogen (secondary N) is 1. The maximum atomic E-state index is 13.5. The number of fused-ring (bicyclic) bond motifs is 1. The third-order valence-electron chi connectivity index (χ3n) is 5.50. The molecule has 4 rings (SSSR count). The number of hydrogen-bond acceptors (Lipinski definition) is 5. The quantitative estimate of drug-likeness (QED) is 0.658. The van der Waals surface area contributed by atoms with Crippen LogP contribution in [0.15, 0.2) is 36.4 Å². The summed E-state index contributed by atoms with van der Waals surface area (Å²) < 4.78 is 11.9. The predicted molar refractivity (Wildman–Crippen MR) is 120 cm³/mol. The van der Waals surface area contributed by atoms with Crippen molar-refractivity contribution in [2.75, 3.05) is 51.4 Å². The minimum absolute atomic E-state index is 0.0463. The third-order valence-corrected chi connectivity index (χ3v) is 6.53. The lowest BCUT2D eigenvalue weighted by molar-refractivity contribution is -0.906. The molecule has 0 bridgehead atoms. The number of carbonyl (C=O) groups excluding carboxylic acids is 1. The van der Waals surface area contributed by atoms with Crippen LogP contribution >= 0.6 is 11.3 Å². The second kappa shape index (κ2) is 9.12. The first-order valence-electron chi connectivity index (χ1n) is 10.3. The second-order valence-electron chi connectivity index (χ2n) is 7.73. The van der Waals surface area contributed by atoms with E-state index >= 15 is 0 Å². The Kier molecular flexibility index (Phi) is 6.32. The molecule has 0 radical (unpaired) electrons. The van der Waals surface area contributed by atoms with Crippen molar-refractivity contribution in [3.8, 4) is 5.75 Å². The lowest BCUT2D eigenvalue weighted by Crippen LogP contribution is -3.14. The highest BCUT2D eigenvalue weighted by atomic mass is 32.1. The fourth-order valence-electron chi connectivity index (χ4n) is 3.85. The van der Waals surface area contributed by atoms with Gasteiger partial charge in [0.15, 0.2) is 5.13 Å². The van der Waals surface area contributed by atoms with Gasteiger partial charge >= 0.3 is 0 Å². The second-order valence-corrected chi connectivity index (χ2v) is 8.74. The van der Waals surface area contributed by atoms with Crippen molar-refractivity contribution in [2.24, 2.45) is 0 Å². The van der Waals surface area contributed by atoms with Gasteiger partial charge in [0, 0.05) is 5.56 Å². The molecule has 0 spiro atoms. The summed E-state index contributed by atoms with van der Waals surface area (Å²) in [5.41, 5.74) is 3.93. The summed E-state index contributed by atoms with van der Waals surface area (Å²) in [6, 6.07) is 11.6. The van der Waals surface area contributed by atoms with Crippen LogP contribution in [0.5, 0.6) is 5.75 Å². The predicted octanol–water partition coefficient (Wildman–Crippen LogP) is 2.48. The smallest absolute Gasteiger partial charge is 0.260 e. The lowest BCUT2D eigenvalue weighted by Gasteiger charge is -2.27. The number of aryl methyl sites for hydroxylation is 2. The van der Waals surface area contributed by atoms with E-state index in [1.165, 1.54) is 10.5 Å². The first-order chi connectivity index (χ1) is 14.5. The highest BCUT2D eigenvalue weighted by molar-refractivity contribution is 7.22. The summed E-state index contributed by atoms with van der Waals surface area (Å²) in [5, 5.41) is 0.749. The molecule has 30 heavy (non-hydrogen) atoms. The molecule has 0 unspecified atom stereocenters. The van der Waals surface area contributed by atoms with Crippen LogP contribution in [0.3, 0.4) is 0 Å². The van der Waals surface area contributed by atoms with Gasteiger partial charge in [0.25, 0.3) is 5.91 Å². The summed E-state index contributed by atoms with van der Waals surface area (Å²) in [6.45, 7) is 9.14. The van der Waals surface area contributed by atoms with Gasteiger partial charge in [-0.3, -0.25) is 9.69 Å². The van der Waals surface area contributed by atoms with E-state index < -0.39 is 0 Å². The molecule has 0 saturated carbocycles. The maximum Gasteiger partial charge on any atom is 0.260 e. The number of anilines is 1. The summed E-state index contributed by atoms with van der Waals surface area (Å²) in [6.07, 6.45) is 0. The van der Waals surface area contributed by atoms with E-state index in [1.54, 1.807) is 24.5 Å². The van der Waals surface area contributed by atoms with Crippen LogP contribution in [0.4, 0.5) is 5.13 Å². The van der Waals surface area contributed by atoms with Crippen LogP contribution in [0, 0.1) is 13.8 Å². The molecular weight excluding hydrogens is 398 g/mol. The molecule has 1 aromatic heterocycles. The van der Waals surface area contributed by atoms with Crippen LogP contribution in [0.1, 0.15) is 21.5 Å². The average Bonchev–Trinajstić information content (AvgIpc) is 3.18. The van der Waals surface area contributed by atoms with Gasteiger partial charge in [-0.05, 0) is 49.2 Å². The average molecular weight is 427 g/mol. The van der Waals surface area contributed by atoms with Crippen molar-refractivity contribution in [2.45, 2.75) is 13.8 Å². The summed E-state index contributed by atoms with van der Waals surface area (Å²) in [7, 11) is 1.61. The van der Waals surface area contributed by atoms with Crippen LogP contribution < -0.4 is 14.5 Å². The molecule has 1 amide bonds. The van der Waals surface area contributed by atoms with Gasteiger partial charge in [-0.1, -0.05) is 23.5 Å². The molecule has 1 aliphatic heterocycles. The SMILES string of the molecule is COc1cccc(C(=O)N(CC[NH+]2CCOCC2)c2nc3c(C)cc(C)cc3s2)c1. The molecule has 1 N–H and O–H groups in total. The molecule has 3 aromatic rings. The monoisotopic (exact) mass is 426 g/mol. The topological polar surface area (TPSA) is 56.1 Å². The van der Waals surface area contributed by atoms with Crippen LogP contribution in [-0.2, 0) is 4.74 Å². The van der Waals surface area contributed by atoms with E-state index in [0.717, 1.165) is 53.8 Å². The highest BCUT2D eigenvalue weighted by Crippen LogP contribution is 2.32. The van der Waals surface area contributed by atoms with Gasteiger partial charge in [0.2, 0.25) is 0 Å². The van der Waals surface area contributed by atoms with E-state index in [2.05, 4.69) is 26.0 Å². The Morgan fingerprint density at radius 1 is 1.23 bits per heavy atom. The molecule has 2 heterocycles. The maximum absolute atomic E-state index is 13.5. The number of morpholine rings is 1. The van der Waals surface area contributed by atoms with E-state index in [9.17, 15) is 4.79 Å². The summed E-state index contributed by atoms with van der Waals surface area (Å²) in [4.78, 5) is 21.7. The number of rotatable bonds is 6. The van der Waals surface area contributed by atoms with Crippen LogP contribution in [-0.4, -0.2) is 57.4 Å². The van der Waals surface area contributed by atoms with E-state index in [-0.39, 0.29) is 5.91 Å². The fourth-order valence-corrected chi connectivity index (χ4v) is 5.02. The van der Waals surface area contributed by atoms with Crippen molar-refractivity contribution < 1.29 is 19.2 Å². The number of quaternary nitrogens is 1. The number of ether oxygens (including phenoxy) is 2. The van der Waals surface area contributed by atoms with Crippen LogP contribution in [0.25, 0.3) is 10.2 Å². The lowest BCUT2D eigenvalue weighted by atomic mass is 10.1. The molecule has 0 aliphatic carbocycles. The van der Waals surface area contributed by atoms with Crippen molar-refractivity contribution in [1.29, 1.82) is 0 Å². The Balaban J connectivity index is 1.67. The molecule has 1 saturated heterocycles. The van der Waals surface area contributed by atoms with Crippen LogP contribution in [0.2, 0.25) is 0 Å². The summed E-state index contributed by atoms with van der Waals surface area (Å²) in [5.74, 6) is 0.630. The third kappa shape index (κ3) is 4.48. The number of aromatic nitrogens is 1. The number of hydrogen-bond donors (Lipinski definition) is 1. The number of nitrogens with zero attached hydrogens (tertiary/aromatic N) is 2. The number of carbonyl (C=O) groups is 1. The Morgan fingerprint density at radius 3 is 2.80 bits per heavy atom. The highest BCUT2D eigenvalue weighted by Gasteiger charge is 2.24. The van der Waals surface area contributed by atoms with Crippen molar-refractivity contribution in [3.63, 3.8) is 0 Å². The molecule has 0 atom stereocenters. The molecule has 1 fully saturated rings. The number of benzene rings is 2. The molecule has 2 aromatic carbocycles. The van der Waals surface area contributed by atoms with E-state index in [4.69, 9.17) is 14.5 Å². The minimum Gasteiger partial charge on any atom is -0.497 e. The molecule has 158 valence electrons. The Morgan fingerprint density at radius 2 is 2.03 bits per heavy atom.